The summed E-state index contributed by atoms with van der Waals surface area (Å²) in [5, 5.41) is 13.0. The summed E-state index contributed by atoms with van der Waals surface area (Å²) in [7, 11) is 0. The summed E-state index contributed by atoms with van der Waals surface area (Å²) in [6, 6.07) is 0.401. The van der Waals surface area contributed by atoms with Crippen LogP contribution in [0.25, 0.3) is 0 Å². The Morgan fingerprint density at radius 2 is 2.06 bits per heavy atom. The molecule has 2 atom stereocenters. The average molecular weight is 246 g/mol. The number of nitrogens with zero attached hydrogens (tertiary/aromatic N) is 1. The second-order valence-electron chi connectivity index (χ2n) is 4.60. The minimum atomic E-state index is 0.265. The first-order valence-corrected chi connectivity index (χ1v) is 7.66. The van der Waals surface area contributed by atoms with E-state index in [1.165, 1.54) is 38.9 Å². The number of rotatable bonds is 8. The largest absolute Gasteiger partial charge is 0.395 e. The van der Waals surface area contributed by atoms with E-state index < -0.39 is 0 Å². The lowest BCUT2D eigenvalue weighted by Gasteiger charge is -2.22. The van der Waals surface area contributed by atoms with Crippen LogP contribution in [0, 0.1) is 0 Å². The maximum absolute atomic E-state index is 9.16. The minimum absolute atomic E-state index is 0.265. The highest BCUT2D eigenvalue weighted by molar-refractivity contribution is 7.99. The van der Waals surface area contributed by atoms with Gasteiger partial charge in [0.05, 0.1) is 6.61 Å². The lowest BCUT2D eigenvalue weighted by molar-refractivity contribution is 0.273. The first-order valence-electron chi connectivity index (χ1n) is 6.37. The Morgan fingerprint density at radius 3 is 2.62 bits per heavy atom. The number of hydrogen-bond donors (Lipinski definition) is 2. The molecule has 2 unspecified atom stereocenters. The van der Waals surface area contributed by atoms with Gasteiger partial charge < -0.3 is 15.3 Å². The lowest BCUT2D eigenvalue weighted by Crippen LogP contribution is -2.38. The van der Waals surface area contributed by atoms with E-state index in [0.717, 1.165) is 6.54 Å². The van der Waals surface area contributed by atoms with Crippen LogP contribution in [0.4, 0.5) is 0 Å². The number of hydrogen-bond acceptors (Lipinski definition) is 4. The molecular formula is C12H26N2OS. The SMILES string of the molecule is CSC(CO)C(C)NCCCN1CCCC1. The number of likely N-dealkylation sites (tertiary alicyclic amines) is 1. The maximum Gasteiger partial charge on any atom is 0.0564 e. The molecule has 16 heavy (non-hydrogen) atoms. The summed E-state index contributed by atoms with van der Waals surface area (Å²) < 4.78 is 0. The molecule has 0 spiro atoms. The van der Waals surface area contributed by atoms with Crippen molar-refractivity contribution in [3.05, 3.63) is 0 Å². The topological polar surface area (TPSA) is 35.5 Å². The molecule has 0 bridgehead atoms. The van der Waals surface area contributed by atoms with Gasteiger partial charge in [-0.1, -0.05) is 0 Å². The quantitative estimate of drug-likeness (QED) is 0.630. The van der Waals surface area contributed by atoms with Crippen LogP contribution in [0.15, 0.2) is 0 Å². The molecule has 0 radical (unpaired) electrons. The lowest BCUT2D eigenvalue weighted by atomic mass is 10.2. The molecular weight excluding hydrogens is 220 g/mol. The molecule has 1 heterocycles. The molecule has 1 saturated heterocycles. The molecule has 0 saturated carbocycles. The van der Waals surface area contributed by atoms with Crippen molar-refractivity contribution in [2.45, 2.75) is 37.5 Å². The highest BCUT2D eigenvalue weighted by atomic mass is 32.2. The standard InChI is InChI=1S/C12H26N2OS/c1-11(12(10-15)16-2)13-6-5-9-14-7-3-4-8-14/h11-13,15H,3-10H2,1-2H3. The molecule has 3 nitrogen and oxygen atoms in total. The third kappa shape index (κ3) is 5.04. The Labute approximate surface area is 104 Å². The number of nitrogens with one attached hydrogen (secondary N) is 1. The van der Waals surface area contributed by atoms with Gasteiger partial charge in [-0.15, -0.1) is 0 Å². The van der Waals surface area contributed by atoms with Crippen LogP contribution in [-0.4, -0.2) is 60.3 Å². The van der Waals surface area contributed by atoms with Crippen molar-refractivity contribution in [2.24, 2.45) is 0 Å². The molecule has 96 valence electrons. The zero-order chi connectivity index (χ0) is 11.8. The molecule has 0 aromatic rings. The Balaban J connectivity index is 2.00. The summed E-state index contributed by atoms with van der Waals surface area (Å²) in [6.07, 6.45) is 6.03. The highest BCUT2D eigenvalue weighted by Crippen LogP contribution is 2.10. The van der Waals surface area contributed by atoms with Crippen molar-refractivity contribution in [1.29, 1.82) is 0 Å². The fourth-order valence-electron chi connectivity index (χ4n) is 2.21. The fraction of sp³-hybridized carbons (Fsp3) is 1.00. The smallest absolute Gasteiger partial charge is 0.0564 e. The van der Waals surface area contributed by atoms with Crippen molar-refractivity contribution in [1.82, 2.24) is 10.2 Å². The van der Waals surface area contributed by atoms with Gasteiger partial charge in [-0.25, -0.2) is 0 Å². The predicted octanol–water partition coefficient (Wildman–Crippen LogP) is 1.17. The molecule has 0 aliphatic carbocycles. The van der Waals surface area contributed by atoms with Crippen LogP contribution in [0.2, 0.25) is 0 Å². The van der Waals surface area contributed by atoms with Gasteiger partial charge in [0.15, 0.2) is 0 Å². The molecule has 1 rings (SSSR count). The molecule has 0 amide bonds. The van der Waals surface area contributed by atoms with Gasteiger partial charge in [0, 0.05) is 11.3 Å². The minimum Gasteiger partial charge on any atom is -0.395 e. The van der Waals surface area contributed by atoms with E-state index in [1.54, 1.807) is 11.8 Å². The molecule has 2 N–H and O–H groups in total. The Bertz CT molecular complexity index is 170. The van der Waals surface area contributed by atoms with Gasteiger partial charge >= 0.3 is 0 Å². The summed E-state index contributed by atoms with van der Waals surface area (Å²) >= 11 is 1.74. The van der Waals surface area contributed by atoms with Crippen molar-refractivity contribution in [2.75, 3.05) is 39.0 Å². The van der Waals surface area contributed by atoms with E-state index in [4.69, 9.17) is 5.11 Å². The predicted molar refractivity (Wildman–Crippen MR) is 72.1 cm³/mol. The number of thioether (sulfide) groups is 1. The summed E-state index contributed by atoms with van der Waals surface area (Å²) in [4.78, 5) is 2.55. The van der Waals surface area contributed by atoms with Crippen molar-refractivity contribution >= 4 is 11.8 Å². The second-order valence-corrected chi connectivity index (χ2v) is 5.68. The second kappa shape index (κ2) is 8.34. The first kappa shape index (κ1) is 14.3. The van der Waals surface area contributed by atoms with Gasteiger partial charge in [0.2, 0.25) is 0 Å². The van der Waals surface area contributed by atoms with Crippen molar-refractivity contribution in [3.8, 4) is 0 Å². The highest BCUT2D eigenvalue weighted by Gasteiger charge is 2.14. The number of aliphatic hydroxyl groups excluding tert-OH is 1. The summed E-state index contributed by atoms with van der Waals surface area (Å²) in [5.74, 6) is 0. The van der Waals surface area contributed by atoms with Crippen molar-refractivity contribution < 1.29 is 5.11 Å². The molecule has 0 aromatic heterocycles. The zero-order valence-electron chi connectivity index (χ0n) is 10.6. The van der Waals surface area contributed by atoms with Gasteiger partial charge in [-0.2, -0.15) is 11.8 Å². The Kier molecular flexibility index (Phi) is 7.45. The third-order valence-corrected chi connectivity index (χ3v) is 4.52. The molecule has 0 aromatic carbocycles. The van der Waals surface area contributed by atoms with E-state index in [1.807, 2.05) is 0 Å². The van der Waals surface area contributed by atoms with Crippen LogP contribution in [0.5, 0.6) is 0 Å². The van der Waals surface area contributed by atoms with Crippen LogP contribution in [0.1, 0.15) is 26.2 Å². The maximum atomic E-state index is 9.16. The van der Waals surface area contributed by atoms with E-state index in [0.29, 0.717) is 11.3 Å². The van der Waals surface area contributed by atoms with Gasteiger partial charge in [-0.05, 0) is 58.6 Å². The zero-order valence-corrected chi connectivity index (χ0v) is 11.4. The molecule has 1 aliphatic rings. The summed E-state index contributed by atoms with van der Waals surface area (Å²) in [5.41, 5.74) is 0. The first-order chi connectivity index (χ1) is 7.77. The normalized spacial score (nSPS) is 21.2. The summed E-state index contributed by atoms with van der Waals surface area (Å²) in [6.45, 7) is 7.30. The van der Waals surface area contributed by atoms with E-state index in [2.05, 4.69) is 23.4 Å². The molecule has 1 fully saturated rings. The molecule has 1 aliphatic heterocycles. The van der Waals surface area contributed by atoms with E-state index >= 15 is 0 Å². The average Bonchev–Trinajstić information content (AvgIpc) is 2.79. The monoisotopic (exact) mass is 246 g/mol. The van der Waals surface area contributed by atoms with Crippen LogP contribution >= 0.6 is 11.8 Å². The van der Waals surface area contributed by atoms with Gasteiger partial charge in [-0.3, -0.25) is 0 Å². The van der Waals surface area contributed by atoms with Crippen LogP contribution in [0.3, 0.4) is 0 Å². The fourth-order valence-corrected chi connectivity index (χ4v) is 2.86. The van der Waals surface area contributed by atoms with Crippen LogP contribution < -0.4 is 5.32 Å². The van der Waals surface area contributed by atoms with E-state index in [9.17, 15) is 0 Å². The molecule has 4 heteroatoms. The van der Waals surface area contributed by atoms with Gasteiger partial charge in [0.1, 0.15) is 0 Å². The Morgan fingerprint density at radius 1 is 1.38 bits per heavy atom. The van der Waals surface area contributed by atoms with Crippen molar-refractivity contribution in [3.63, 3.8) is 0 Å². The number of aliphatic hydroxyl groups is 1. The van der Waals surface area contributed by atoms with E-state index in [-0.39, 0.29) is 6.61 Å². The van der Waals surface area contributed by atoms with Crippen LogP contribution in [-0.2, 0) is 0 Å². The van der Waals surface area contributed by atoms with Gasteiger partial charge in [0.25, 0.3) is 0 Å². The Hall–Kier alpha value is 0.230. The third-order valence-electron chi connectivity index (χ3n) is 3.36.